The van der Waals surface area contributed by atoms with Crippen molar-refractivity contribution in [1.29, 1.82) is 0 Å². The number of nitrogens with zero attached hydrogens (tertiary/aromatic N) is 5. The van der Waals surface area contributed by atoms with Crippen molar-refractivity contribution in [2.24, 2.45) is 5.92 Å². The summed E-state index contributed by atoms with van der Waals surface area (Å²) in [6, 6.07) is -0.0775. The van der Waals surface area contributed by atoms with Crippen molar-refractivity contribution in [3.05, 3.63) is 17.1 Å². The highest BCUT2D eigenvalue weighted by molar-refractivity contribution is 5.79. The first-order valence-electron chi connectivity index (χ1n) is 11.3. The number of fused-ring (bicyclic) bond motifs is 1. The number of carbonyl (C=O) groups excluding carboxylic acids is 2. The molecule has 0 aromatic carbocycles. The minimum absolute atomic E-state index is 0.0698. The summed E-state index contributed by atoms with van der Waals surface area (Å²) in [4.78, 5) is 40.8. The molecular weight excluding hydrogens is 380 g/mol. The molecule has 0 saturated carbocycles. The van der Waals surface area contributed by atoms with Crippen LogP contribution in [0.1, 0.15) is 62.7 Å². The van der Waals surface area contributed by atoms with Gasteiger partial charge in [0.15, 0.2) is 5.82 Å². The van der Waals surface area contributed by atoms with Crippen LogP contribution in [0.15, 0.2) is 0 Å². The van der Waals surface area contributed by atoms with Crippen molar-refractivity contribution in [3.63, 3.8) is 0 Å². The number of anilines is 1. The van der Waals surface area contributed by atoms with E-state index in [0.717, 1.165) is 61.9 Å². The van der Waals surface area contributed by atoms with E-state index in [2.05, 4.69) is 17.1 Å². The fourth-order valence-electron chi connectivity index (χ4n) is 4.91. The highest BCUT2D eigenvalue weighted by atomic mass is 16.2. The lowest BCUT2D eigenvalue weighted by atomic mass is 9.99. The van der Waals surface area contributed by atoms with Gasteiger partial charge in [-0.15, -0.1) is 0 Å². The molecule has 1 aromatic rings. The average Bonchev–Trinajstić information content (AvgIpc) is 3.24. The molecule has 8 nitrogen and oxygen atoms in total. The number of hydrogen-bond acceptors (Lipinski definition) is 6. The smallest absolute Gasteiger partial charge is 0.237 e. The number of piperidine rings is 1. The van der Waals surface area contributed by atoms with Gasteiger partial charge in [0, 0.05) is 32.6 Å². The number of hydrogen-bond donors (Lipinski definition) is 1. The molecule has 3 aliphatic heterocycles. The molecule has 30 heavy (non-hydrogen) atoms. The van der Waals surface area contributed by atoms with Gasteiger partial charge in [0.2, 0.25) is 11.8 Å². The summed E-state index contributed by atoms with van der Waals surface area (Å²) in [5, 5.41) is 3.21. The Morgan fingerprint density at radius 2 is 1.87 bits per heavy atom. The van der Waals surface area contributed by atoms with Crippen molar-refractivity contribution in [2.45, 2.75) is 58.5 Å². The fourth-order valence-corrected chi connectivity index (χ4v) is 4.91. The Morgan fingerprint density at radius 1 is 1.10 bits per heavy atom. The number of aromatic nitrogens is 2. The second-order valence-electron chi connectivity index (χ2n) is 9.00. The Balaban J connectivity index is 1.53. The number of likely N-dealkylation sites (tertiary alicyclic amines) is 2. The zero-order valence-corrected chi connectivity index (χ0v) is 18.5. The molecule has 1 N–H and O–H groups in total. The van der Waals surface area contributed by atoms with Crippen molar-refractivity contribution in [3.8, 4) is 0 Å². The van der Waals surface area contributed by atoms with Crippen molar-refractivity contribution < 1.29 is 9.59 Å². The summed E-state index contributed by atoms with van der Waals surface area (Å²) >= 11 is 0. The zero-order chi connectivity index (χ0) is 21.3. The lowest BCUT2D eigenvalue weighted by Crippen LogP contribution is -2.43. The van der Waals surface area contributed by atoms with E-state index in [-0.39, 0.29) is 17.9 Å². The van der Waals surface area contributed by atoms with E-state index in [1.165, 1.54) is 12.8 Å². The van der Waals surface area contributed by atoms with Crippen LogP contribution in [0, 0.1) is 5.92 Å². The van der Waals surface area contributed by atoms with Crippen LogP contribution in [-0.4, -0.2) is 76.3 Å². The van der Waals surface area contributed by atoms with E-state index in [1.807, 2.05) is 16.8 Å². The predicted molar refractivity (Wildman–Crippen MR) is 115 cm³/mol. The highest BCUT2D eigenvalue weighted by Crippen LogP contribution is 2.33. The molecule has 1 aromatic heterocycles. The van der Waals surface area contributed by atoms with E-state index in [1.54, 1.807) is 6.92 Å². The first-order chi connectivity index (χ1) is 14.5. The lowest BCUT2D eigenvalue weighted by molar-refractivity contribution is -0.134. The van der Waals surface area contributed by atoms with Crippen LogP contribution >= 0.6 is 0 Å². The average molecular weight is 415 g/mol. The van der Waals surface area contributed by atoms with Crippen molar-refractivity contribution >= 4 is 17.6 Å². The summed E-state index contributed by atoms with van der Waals surface area (Å²) < 4.78 is 0. The molecule has 1 atom stereocenters. The van der Waals surface area contributed by atoms with E-state index < -0.39 is 0 Å². The lowest BCUT2D eigenvalue weighted by Gasteiger charge is -2.33. The maximum Gasteiger partial charge on any atom is 0.237 e. The molecule has 4 rings (SSSR count). The molecule has 2 saturated heterocycles. The summed E-state index contributed by atoms with van der Waals surface area (Å²) in [6.07, 6.45) is 4.96. The third-order valence-electron chi connectivity index (χ3n) is 6.87. The Morgan fingerprint density at radius 3 is 2.57 bits per heavy atom. The fraction of sp³-hybridized carbons (Fsp3) is 0.727. The minimum Gasteiger partial charge on any atom is -0.373 e. The molecule has 4 heterocycles. The van der Waals surface area contributed by atoms with Gasteiger partial charge in [-0.1, -0.05) is 6.92 Å². The van der Waals surface area contributed by atoms with Gasteiger partial charge in [0.05, 0.1) is 24.8 Å². The molecule has 0 aliphatic carbocycles. The quantitative estimate of drug-likeness (QED) is 0.809. The SMILES string of the molecule is CNc1nc([C@@H]2CCCN2C(=O)CN2CCC(C)CC2)nc2c1CCN(C(C)=O)C2. The molecule has 8 heteroatoms. The molecule has 0 radical (unpaired) electrons. The summed E-state index contributed by atoms with van der Waals surface area (Å²) in [7, 11) is 1.87. The zero-order valence-electron chi connectivity index (χ0n) is 18.5. The van der Waals surface area contributed by atoms with Gasteiger partial charge < -0.3 is 15.1 Å². The molecule has 0 bridgehead atoms. The van der Waals surface area contributed by atoms with Crippen LogP contribution < -0.4 is 5.32 Å². The van der Waals surface area contributed by atoms with Crippen LogP contribution in [-0.2, 0) is 22.6 Å². The van der Waals surface area contributed by atoms with Crippen LogP contribution in [0.2, 0.25) is 0 Å². The van der Waals surface area contributed by atoms with E-state index >= 15 is 0 Å². The second-order valence-corrected chi connectivity index (χ2v) is 9.00. The number of rotatable bonds is 4. The summed E-state index contributed by atoms with van der Waals surface area (Å²) in [6.45, 7) is 8.37. The van der Waals surface area contributed by atoms with Gasteiger partial charge in [-0.3, -0.25) is 14.5 Å². The molecule has 0 spiro atoms. The first kappa shape index (κ1) is 21.0. The monoisotopic (exact) mass is 414 g/mol. The summed E-state index contributed by atoms with van der Waals surface area (Å²) in [5.41, 5.74) is 2.01. The molecule has 164 valence electrons. The number of carbonyl (C=O) groups is 2. The van der Waals surface area contributed by atoms with Crippen molar-refractivity contribution in [2.75, 3.05) is 45.1 Å². The standard InChI is InChI=1S/C22H34N6O2/c1-15-6-10-26(11-7-15)14-20(30)28-9-4-5-19(28)22-24-18-13-27(16(2)29)12-8-17(18)21(23-3)25-22/h15,19H,4-14H2,1-3H3,(H,23,24,25)/t19-/m0/s1. The van der Waals surface area contributed by atoms with Crippen LogP contribution in [0.4, 0.5) is 5.82 Å². The predicted octanol–water partition coefficient (Wildman–Crippen LogP) is 1.82. The normalized spacial score (nSPS) is 22.8. The van der Waals surface area contributed by atoms with Crippen LogP contribution in [0.5, 0.6) is 0 Å². The molecule has 0 unspecified atom stereocenters. The van der Waals surface area contributed by atoms with Crippen LogP contribution in [0.3, 0.4) is 0 Å². The summed E-state index contributed by atoms with van der Waals surface area (Å²) in [5.74, 6) is 2.56. The molecule has 2 amide bonds. The Bertz CT molecular complexity index is 805. The van der Waals surface area contributed by atoms with Gasteiger partial charge in [-0.25, -0.2) is 9.97 Å². The van der Waals surface area contributed by atoms with E-state index in [0.29, 0.717) is 25.5 Å². The largest absolute Gasteiger partial charge is 0.373 e. The topological polar surface area (TPSA) is 81.7 Å². The van der Waals surface area contributed by atoms with Gasteiger partial charge in [0.25, 0.3) is 0 Å². The minimum atomic E-state index is -0.0775. The number of nitrogens with one attached hydrogen (secondary N) is 1. The Hall–Kier alpha value is -2.22. The Labute approximate surface area is 179 Å². The van der Waals surface area contributed by atoms with Gasteiger partial charge in [-0.05, 0) is 51.1 Å². The van der Waals surface area contributed by atoms with E-state index in [4.69, 9.17) is 9.97 Å². The molecule has 2 fully saturated rings. The first-order valence-corrected chi connectivity index (χ1v) is 11.3. The third-order valence-corrected chi connectivity index (χ3v) is 6.87. The second kappa shape index (κ2) is 8.88. The van der Waals surface area contributed by atoms with Crippen LogP contribution in [0.25, 0.3) is 0 Å². The Kier molecular flexibility index (Phi) is 6.22. The van der Waals surface area contributed by atoms with Gasteiger partial charge in [0.1, 0.15) is 5.82 Å². The van der Waals surface area contributed by atoms with Crippen molar-refractivity contribution in [1.82, 2.24) is 24.7 Å². The third kappa shape index (κ3) is 4.29. The maximum atomic E-state index is 13.1. The highest BCUT2D eigenvalue weighted by Gasteiger charge is 2.34. The molecule has 3 aliphatic rings. The molecular formula is C22H34N6O2. The van der Waals surface area contributed by atoms with Gasteiger partial charge >= 0.3 is 0 Å². The van der Waals surface area contributed by atoms with E-state index in [9.17, 15) is 9.59 Å². The maximum absolute atomic E-state index is 13.1. The number of amides is 2. The van der Waals surface area contributed by atoms with Gasteiger partial charge in [-0.2, -0.15) is 0 Å².